The Labute approximate surface area is 103 Å². The molecule has 92 valence electrons. The van der Waals surface area contributed by atoms with Gasteiger partial charge in [-0.05, 0) is 44.0 Å². The van der Waals surface area contributed by atoms with E-state index in [0.29, 0.717) is 5.92 Å². The summed E-state index contributed by atoms with van der Waals surface area (Å²) >= 11 is 0. The summed E-state index contributed by atoms with van der Waals surface area (Å²) in [5, 5.41) is 0. The molecular formula is C14H20N2O. The molecule has 0 aromatic heterocycles. The number of hydrogen-bond donors (Lipinski definition) is 1. The summed E-state index contributed by atoms with van der Waals surface area (Å²) < 4.78 is 5.83. The Morgan fingerprint density at radius 1 is 1.29 bits per heavy atom. The predicted octanol–water partition coefficient (Wildman–Crippen LogP) is 1.92. The molecule has 0 radical (unpaired) electrons. The highest BCUT2D eigenvalue weighted by Crippen LogP contribution is 2.33. The van der Waals surface area contributed by atoms with Gasteiger partial charge in [0, 0.05) is 12.5 Å². The van der Waals surface area contributed by atoms with Crippen molar-refractivity contribution >= 4 is 5.69 Å². The maximum Gasteiger partial charge on any atom is 0.145 e. The van der Waals surface area contributed by atoms with Gasteiger partial charge in [-0.3, -0.25) is 0 Å². The average Bonchev–Trinajstić information content (AvgIpc) is 2.82. The standard InChI is InChI=1S/C14H20N2O/c15-13-5-3-4-12-8-11(10-17-14(12)13)9-16-6-1-2-7-16/h3-5,11H,1-2,6-10,15H2. The van der Waals surface area contributed by atoms with Crippen molar-refractivity contribution < 1.29 is 4.74 Å². The second kappa shape index (κ2) is 4.57. The first-order chi connectivity index (χ1) is 8.33. The van der Waals surface area contributed by atoms with Crippen LogP contribution in [0.15, 0.2) is 18.2 Å². The van der Waals surface area contributed by atoms with Gasteiger partial charge in [-0.2, -0.15) is 0 Å². The van der Waals surface area contributed by atoms with Gasteiger partial charge in [0.15, 0.2) is 0 Å². The van der Waals surface area contributed by atoms with Crippen molar-refractivity contribution in [2.24, 2.45) is 5.92 Å². The molecule has 1 fully saturated rings. The van der Waals surface area contributed by atoms with Crippen LogP contribution in [-0.4, -0.2) is 31.1 Å². The number of nitrogens with zero attached hydrogens (tertiary/aromatic N) is 1. The molecule has 17 heavy (non-hydrogen) atoms. The molecule has 2 aliphatic heterocycles. The molecule has 1 unspecified atom stereocenters. The summed E-state index contributed by atoms with van der Waals surface area (Å²) in [6.45, 7) is 4.52. The van der Waals surface area contributed by atoms with Crippen molar-refractivity contribution in [2.45, 2.75) is 19.3 Å². The van der Waals surface area contributed by atoms with Gasteiger partial charge >= 0.3 is 0 Å². The fourth-order valence-electron chi connectivity index (χ4n) is 2.96. The van der Waals surface area contributed by atoms with Crippen LogP contribution >= 0.6 is 0 Å². The fraction of sp³-hybridized carbons (Fsp3) is 0.571. The minimum Gasteiger partial charge on any atom is -0.491 e. The number of hydrogen-bond acceptors (Lipinski definition) is 3. The fourth-order valence-corrected chi connectivity index (χ4v) is 2.96. The number of para-hydroxylation sites is 1. The lowest BCUT2D eigenvalue weighted by Gasteiger charge is -2.29. The van der Waals surface area contributed by atoms with Crippen molar-refractivity contribution in [3.05, 3.63) is 23.8 Å². The predicted molar refractivity (Wildman–Crippen MR) is 69.2 cm³/mol. The van der Waals surface area contributed by atoms with Crippen LogP contribution in [-0.2, 0) is 6.42 Å². The number of benzene rings is 1. The molecule has 2 N–H and O–H groups in total. The molecular weight excluding hydrogens is 212 g/mol. The van der Waals surface area contributed by atoms with Gasteiger partial charge in [-0.15, -0.1) is 0 Å². The number of fused-ring (bicyclic) bond motifs is 1. The normalized spacial score (nSPS) is 24.4. The summed E-state index contributed by atoms with van der Waals surface area (Å²) in [6.07, 6.45) is 3.82. The van der Waals surface area contributed by atoms with E-state index in [1.54, 1.807) is 0 Å². The summed E-state index contributed by atoms with van der Waals surface area (Å²) in [5.41, 5.74) is 7.97. The Hall–Kier alpha value is -1.22. The van der Waals surface area contributed by atoms with Crippen molar-refractivity contribution in [3.63, 3.8) is 0 Å². The Morgan fingerprint density at radius 3 is 2.94 bits per heavy atom. The summed E-state index contributed by atoms with van der Waals surface area (Å²) in [5.74, 6) is 1.55. The van der Waals surface area contributed by atoms with Crippen LogP contribution in [0.3, 0.4) is 0 Å². The van der Waals surface area contributed by atoms with E-state index in [1.165, 1.54) is 38.0 Å². The van der Waals surface area contributed by atoms with Gasteiger partial charge < -0.3 is 15.4 Å². The molecule has 0 aliphatic carbocycles. The summed E-state index contributed by atoms with van der Waals surface area (Å²) in [4.78, 5) is 2.56. The zero-order valence-corrected chi connectivity index (χ0v) is 10.2. The van der Waals surface area contributed by atoms with Crippen LogP contribution in [0.5, 0.6) is 5.75 Å². The van der Waals surface area contributed by atoms with Crippen LogP contribution < -0.4 is 10.5 Å². The van der Waals surface area contributed by atoms with Crippen molar-refractivity contribution in [3.8, 4) is 5.75 Å². The minimum atomic E-state index is 0.627. The number of likely N-dealkylation sites (tertiary alicyclic amines) is 1. The van der Waals surface area contributed by atoms with Crippen LogP contribution in [0.2, 0.25) is 0 Å². The van der Waals surface area contributed by atoms with E-state index in [0.717, 1.165) is 24.5 Å². The zero-order chi connectivity index (χ0) is 11.7. The zero-order valence-electron chi connectivity index (χ0n) is 10.2. The van der Waals surface area contributed by atoms with Gasteiger partial charge in [0.1, 0.15) is 5.75 Å². The molecule has 1 saturated heterocycles. The van der Waals surface area contributed by atoms with Crippen LogP contribution in [0.25, 0.3) is 0 Å². The average molecular weight is 232 g/mol. The first-order valence-corrected chi connectivity index (χ1v) is 6.55. The highest BCUT2D eigenvalue weighted by atomic mass is 16.5. The largest absolute Gasteiger partial charge is 0.491 e. The Kier molecular flexibility index (Phi) is 2.93. The molecule has 0 spiro atoms. The lowest BCUT2D eigenvalue weighted by Crippen LogP contribution is -2.33. The molecule has 1 aromatic rings. The molecule has 3 nitrogen and oxygen atoms in total. The topological polar surface area (TPSA) is 38.5 Å². The lowest BCUT2D eigenvalue weighted by molar-refractivity contribution is 0.176. The smallest absolute Gasteiger partial charge is 0.145 e. The van der Waals surface area contributed by atoms with Gasteiger partial charge in [-0.1, -0.05) is 12.1 Å². The van der Waals surface area contributed by atoms with E-state index < -0.39 is 0 Å². The second-order valence-corrected chi connectivity index (χ2v) is 5.22. The van der Waals surface area contributed by atoms with Gasteiger partial charge in [0.05, 0.1) is 12.3 Å². The molecule has 0 saturated carbocycles. The molecule has 3 rings (SSSR count). The molecule has 1 atom stereocenters. The van der Waals surface area contributed by atoms with Crippen LogP contribution in [0.4, 0.5) is 5.69 Å². The third kappa shape index (κ3) is 2.25. The highest BCUT2D eigenvalue weighted by molar-refractivity contribution is 5.57. The Bertz CT molecular complexity index is 399. The first kappa shape index (κ1) is 10.9. The second-order valence-electron chi connectivity index (χ2n) is 5.22. The van der Waals surface area contributed by atoms with Gasteiger partial charge in [0.25, 0.3) is 0 Å². The SMILES string of the molecule is Nc1cccc2c1OCC(CN1CCCC1)C2. The third-order valence-corrected chi connectivity index (χ3v) is 3.81. The molecule has 3 heteroatoms. The van der Waals surface area contributed by atoms with Crippen molar-refractivity contribution in [1.29, 1.82) is 0 Å². The molecule has 0 bridgehead atoms. The van der Waals surface area contributed by atoms with E-state index in [9.17, 15) is 0 Å². The molecule has 1 aromatic carbocycles. The third-order valence-electron chi connectivity index (χ3n) is 3.81. The number of rotatable bonds is 2. The quantitative estimate of drug-likeness (QED) is 0.792. The Balaban J connectivity index is 1.68. The van der Waals surface area contributed by atoms with Crippen molar-refractivity contribution in [1.82, 2.24) is 4.90 Å². The minimum absolute atomic E-state index is 0.627. The lowest BCUT2D eigenvalue weighted by atomic mass is 9.96. The van der Waals surface area contributed by atoms with E-state index in [2.05, 4.69) is 11.0 Å². The number of ether oxygens (including phenoxy) is 1. The van der Waals surface area contributed by atoms with E-state index in [4.69, 9.17) is 10.5 Å². The monoisotopic (exact) mass is 232 g/mol. The number of nitrogen functional groups attached to an aromatic ring is 1. The maximum absolute atomic E-state index is 5.91. The van der Waals surface area contributed by atoms with E-state index in [-0.39, 0.29) is 0 Å². The molecule has 2 aliphatic rings. The summed E-state index contributed by atoms with van der Waals surface area (Å²) in [7, 11) is 0. The Morgan fingerprint density at radius 2 is 2.12 bits per heavy atom. The molecule has 0 amide bonds. The van der Waals surface area contributed by atoms with E-state index in [1.807, 2.05) is 12.1 Å². The van der Waals surface area contributed by atoms with E-state index >= 15 is 0 Å². The van der Waals surface area contributed by atoms with Gasteiger partial charge in [-0.25, -0.2) is 0 Å². The number of nitrogens with two attached hydrogens (primary N) is 1. The van der Waals surface area contributed by atoms with Crippen LogP contribution in [0, 0.1) is 5.92 Å². The first-order valence-electron chi connectivity index (χ1n) is 6.55. The highest BCUT2D eigenvalue weighted by Gasteiger charge is 2.24. The van der Waals surface area contributed by atoms with Crippen molar-refractivity contribution in [2.75, 3.05) is 32.0 Å². The number of anilines is 1. The molecule has 2 heterocycles. The van der Waals surface area contributed by atoms with Gasteiger partial charge in [0.2, 0.25) is 0 Å². The van der Waals surface area contributed by atoms with Crippen LogP contribution in [0.1, 0.15) is 18.4 Å². The summed E-state index contributed by atoms with van der Waals surface area (Å²) in [6, 6.07) is 6.08. The maximum atomic E-state index is 5.91.